The lowest BCUT2D eigenvalue weighted by Crippen LogP contribution is -2.09. The number of hydrogen-bond acceptors (Lipinski definition) is 4. The van der Waals surface area contributed by atoms with Gasteiger partial charge in [0.25, 0.3) is 0 Å². The van der Waals surface area contributed by atoms with Crippen LogP contribution in [0, 0.1) is 0 Å². The summed E-state index contributed by atoms with van der Waals surface area (Å²) in [4.78, 5) is 8.43. The summed E-state index contributed by atoms with van der Waals surface area (Å²) in [5.74, 6) is 0.738. The number of fused-ring (bicyclic) bond motifs is 1. The Morgan fingerprint density at radius 1 is 1.21 bits per heavy atom. The van der Waals surface area contributed by atoms with Crippen LogP contribution in [-0.2, 0) is 13.5 Å². The highest BCUT2D eigenvalue weighted by atomic mass is 16.3. The van der Waals surface area contributed by atoms with Crippen LogP contribution in [0.5, 0.6) is 0 Å². The maximum absolute atomic E-state index is 10.4. The molecule has 0 aliphatic heterocycles. The van der Waals surface area contributed by atoms with Crippen molar-refractivity contribution >= 4 is 10.8 Å². The largest absolute Gasteiger partial charge is 0.386 e. The summed E-state index contributed by atoms with van der Waals surface area (Å²) >= 11 is 0. The highest BCUT2D eigenvalue weighted by molar-refractivity contribution is 5.84. The summed E-state index contributed by atoms with van der Waals surface area (Å²) in [6.07, 6.45) is 2.92. The Bertz CT molecular complexity index is 702. The molecule has 3 aromatic rings. The molecule has 0 bridgehead atoms. The van der Waals surface area contributed by atoms with Gasteiger partial charge in [0.15, 0.2) is 0 Å². The molecule has 0 aliphatic carbocycles. The second kappa shape index (κ2) is 4.78. The van der Waals surface area contributed by atoms with Crippen LogP contribution in [-0.4, -0.2) is 24.9 Å². The number of benzene rings is 1. The van der Waals surface area contributed by atoms with E-state index in [4.69, 9.17) is 0 Å². The SMILES string of the molecule is Cn1ncnc1CC(O)c1nccc2ccccc12. The first-order chi connectivity index (χ1) is 9.25. The number of nitrogens with zero attached hydrogens (tertiary/aromatic N) is 4. The van der Waals surface area contributed by atoms with Crippen LogP contribution in [0.3, 0.4) is 0 Å². The summed E-state index contributed by atoms with van der Waals surface area (Å²) in [6, 6.07) is 9.84. The van der Waals surface area contributed by atoms with E-state index in [0.29, 0.717) is 12.1 Å². The fraction of sp³-hybridized carbons (Fsp3) is 0.214. The molecule has 1 aromatic carbocycles. The number of aliphatic hydroxyl groups excluding tert-OH is 1. The van der Waals surface area contributed by atoms with Crippen molar-refractivity contribution in [2.75, 3.05) is 0 Å². The predicted octanol–water partition coefficient (Wildman–Crippen LogP) is 1.64. The standard InChI is InChI=1S/C14H14N4O/c1-18-13(16-9-17-18)8-12(19)14-11-5-3-2-4-10(11)6-7-15-14/h2-7,9,12,19H,8H2,1H3. The van der Waals surface area contributed by atoms with Gasteiger partial charge in [0, 0.05) is 25.1 Å². The maximum Gasteiger partial charge on any atom is 0.138 e. The Kier molecular flexibility index (Phi) is 2.97. The third-order valence-electron chi connectivity index (χ3n) is 3.20. The average molecular weight is 254 g/mol. The van der Waals surface area contributed by atoms with Crippen molar-refractivity contribution in [3.63, 3.8) is 0 Å². The van der Waals surface area contributed by atoms with Crippen LogP contribution in [0.1, 0.15) is 17.6 Å². The number of aryl methyl sites for hydroxylation is 1. The van der Waals surface area contributed by atoms with Crippen molar-refractivity contribution in [2.24, 2.45) is 7.05 Å². The van der Waals surface area contributed by atoms with E-state index in [-0.39, 0.29) is 0 Å². The predicted molar refractivity (Wildman–Crippen MR) is 71.4 cm³/mol. The van der Waals surface area contributed by atoms with E-state index in [0.717, 1.165) is 16.6 Å². The van der Waals surface area contributed by atoms with Crippen LogP contribution in [0.4, 0.5) is 0 Å². The van der Waals surface area contributed by atoms with Crippen LogP contribution in [0.25, 0.3) is 10.8 Å². The Morgan fingerprint density at radius 3 is 2.84 bits per heavy atom. The van der Waals surface area contributed by atoms with Crippen molar-refractivity contribution in [3.05, 3.63) is 54.4 Å². The second-order valence-electron chi connectivity index (χ2n) is 4.44. The van der Waals surface area contributed by atoms with Gasteiger partial charge in [0.05, 0.1) is 5.69 Å². The topological polar surface area (TPSA) is 63.8 Å². The summed E-state index contributed by atoms with van der Waals surface area (Å²) in [6.45, 7) is 0. The summed E-state index contributed by atoms with van der Waals surface area (Å²) < 4.78 is 1.66. The van der Waals surface area contributed by atoms with Crippen LogP contribution < -0.4 is 0 Å². The lowest BCUT2D eigenvalue weighted by Gasteiger charge is -2.12. The Hall–Kier alpha value is -2.27. The highest BCUT2D eigenvalue weighted by Gasteiger charge is 2.15. The highest BCUT2D eigenvalue weighted by Crippen LogP contribution is 2.23. The number of aliphatic hydroxyl groups is 1. The summed E-state index contributed by atoms with van der Waals surface area (Å²) in [7, 11) is 1.81. The van der Waals surface area contributed by atoms with E-state index in [1.165, 1.54) is 6.33 Å². The molecule has 0 fully saturated rings. The zero-order chi connectivity index (χ0) is 13.2. The monoisotopic (exact) mass is 254 g/mol. The molecule has 5 heteroatoms. The second-order valence-corrected chi connectivity index (χ2v) is 4.44. The van der Waals surface area contributed by atoms with E-state index >= 15 is 0 Å². The molecule has 2 aromatic heterocycles. The van der Waals surface area contributed by atoms with Crippen molar-refractivity contribution in [1.82, 2.24) is 19.7 Å². The van der Waals surface area contributed by atoms with Gasteiger partial charge in [-0.1, -0.05) is 24.3 Å². The van der Waals surface area contributed by atoms with E-state index in [1.807, 2.05) is 37.4 Å². The fourth-order valence-corrected chi connectivity index (χ4v) is 2.18. The molecule has 19 heavy (non-hydrogen) atoms. The van der Waals surface area contributed by atoms with Crippen LogP contribution in [0.2, 0.25) is 0 Å². The van der Waals surface area contributed by atoms with Gasteiger partial charge in [0.1, 0.15) is 18.3 Å². The van der Waals surface area contributed by atoms with E-state index < -0.39 is 6.10 Å². The van der Waals surface area contributed by atoms with E-state index in [1.54, 1.807) is 10.9 Å². The first kappa shape index (κ1) is 11.8. The molecule has 0 amide bonds. The first-order valence-corrected chi connectivity index (χ1v) is 6.10. The molecule has 2 heterocycles. The van der Waals surface area contributed by atoms with E-state index in [9.17, 15) is 5.11 Å². The number of pyridine rings is 1. The minimum atomic E-state index is -0.686. The molecule has 0 spiro atoms. The number of hydrogen-bond donors (Lipinski definition) is 1. The smallest absolute Gasteiger partial charge is 0.138 e. The van der Waals surface area contributed by atoms with Gasteiger partial charge in [-0.15, -0.1) is 0 Å². The molecule has 3 rings (SSSR count). The molecule has 1 unspecified atom stereocenters. The molecular weight excluding hydrogens is 240 g/mol. The van der Waals surface area contributed by atoms with Gasteiger partial charge < -0.3 is 5.11 Å². The van der Waals surface area contributed by atoms with Gasteiger partial charge in [-0.05, 0) is 11.5 Å². The normalized spacial score (nSPS) is 12.7. The molecule has 0 saturated heterocycles. The number of rotatable bonds is 3. The van der Waals surface area contributed by atoms with Crippen molar-refractivity contribution in [2.45, 2.75) is 12.5 Å². The molecule has 1 atom stereocenters. The number of aromatic nitrogens is 4. The lowest BCUT2D eigenvalue weighted by molar-refractivity contribution is 0.171. The molecule has 5 nitrogen and oxygen atoms in total. The van der Waals surface area contributed by atoms with Gasteiger partial charge in [0.2, 0.25) is 0 Å². The zero-order valence-corrected chi connectivity index (χ0v) is 10.6. The summed E-state index contributed by atoms with van der Waals surface area (Å²) in [5, 5.41) is 16.4. The summed E-state index contributed by atoms with van der Waals surface area (Å²) in [5.41, 5.74) is 0.682. The molecule has 0 saturated carbocycles. The fourth-order valence-electron chi connectivity index (χ4n) is 2.18. The maximum atomic E-state index is 10.4. The average Bonchev–Trinajstić information content (AvgIpc) is 2.83. The minimum absolute atomic E-state index is 0.400. The van der Waals surface area contributed by atoms with Gasteiger partial charge >= 0.3 is 0 Å². The van der Waals surface area contributed by atoms with Gasteiger partial charge in [-0.3, -0.25) is 9.67 Å². The van der Waals surface area contributed by atoms with Gasteiger partial charge in [-0.25, -0.2) is 4.98 Å². The first-order valence-electron chi connectivity index (χ1n) is 6.10. The van der Waals surface area contributed by atoms with Gasteiger partial charge in [-0.2, -0.15) is 5.10 Å². The van der Waals surface area contributed by atoms with Crippen molar-refractivity contribution in [1.29, 1.82) is 0 Å². The van der Waals surface area contributed by atoms with Crippen molar-refractivity contribution in [3.8, 4) is 0 Å². The van der Waals surface area contributed by atoms with Crippen LogP contribution >= 0.6 is 0 Å². The quantitative estimate of drug-likeness (QED) is 0.771. The molecule has 0 aliphatic rings. The molecule has 96 valence electrons. The molecule has 0 radical (unpaired) electrons. The lowest BCUT2D eigenvalue weighted by atomic mass is 10.0. The zero-order valence-electron chi connectivity index (χ0n) is 10.6. The van der Waals surface area contributed by atoms with E-state index in [2.05, 4.69) is 15.1 Å². The Morgan fingerprint density at radius 2 is 2.05 bits per heavy atom. The Labute approximate surface area is 110 Å². The van der Waals surface area contributed by atoms with Crippen LogP contribution in [0.15, 0.2) is 42.9 Å². The minimum Gasteiger partial charge on any atom is -0.386 e. The Balaban J connectivity index is 1.98. The van der Waals surface area contributed by atoms with Crippen molar-refractivity contribution < 1.29 is 5.11 Å². The third kappa shape index (κ3) is 2.20. The third-order valence-corrected chi connectivity index (χ3v) is 3.20. The molecule has 1 N–H and O–H groups in total. The molecular formula is C14H14N4O.